The maximum absolute atomic E-state index is 11.9. The third-order valence-corrected chi connectivity index (χ3v) is 2.98. The SMILES string of the molecule is COCCNC(=O)C(=O)NN=C(C)CC(=O)Nc1ccccc1C. The molecule has 0 saturated carbocycles. The number of amides is 3. The highest BCUT2D eigenvalue weighted by Crippen LogP contribution is 2.13. The minimum absolute atomic E-state index is 0.0000912. The normalized spacial score (nSPS) is 10.9. The Labute approximate surface area is 140 Å². The highest BCUT2D eigenvalue weighted by molar-refractivity contribution is 6.35. The van der Waals surface area contributed by atoms with Gasteiger partial charge >= 0.3 is 11.8 Å². The summed E-state index contributed by atoms with van der Waals surface area (Å²) >= 11 is 0. The molecule has 1 rings (SSSR count). The van der Waals surface area contributed by atoms with Gasteiger partial charge in [0.25, 0.3) is 0 Å². The molecule has 0 aliphatic heterocycles. The van der Waals surface area contributed by atoms with Crippen LogP contribution in [0.15, 0.2) is 29.4 Å². The lowest BCUT2D eigenvalue weighted by atomic mass is 10.2. The molecule has 0 fully saturated rings. The van der Waals surface area contributed by atoms with E-state index in [0.29, 0.717) is 12.3 Å². The van der Waals surface area contributed by atoms with Crippen LogP contribution in [0, 0.1) is 6.92 Å². The number of nitrogens with zero attached hydrogens (tertiary/aromatic N) is 1. The van der Waals surface area contributed by atoms with Gasteiger partial charge in [-0.05, 0) is 25.5 Å². The number of methoxy groups -OCH3 is 1. The van der Waals surface area contributed by atoms with Gasteiger partial charge in [-0.3, -0.25) is 14.4 Å². The van der Waals surface area contributed by atoms with Crippen molar-refractivity contribution in [2.45, 2.75) is 20.3 Å². The molecule has 0 bridgehead atoms. The lowest BCUT2D eigenvalue weighted by Crippen LogP contribution is -2.39. The van der Waals surface area contributed by atoms with Gasteiger partial charge in [-0.25, -0.2) is 5.43 Å². The molecule has 0 saturated heterocycles. The smallest absolute Gasteiger partial charge is 0.329 e. The van der Waals surface area contributed by atoms with Crippen molar-refractivity contribution >= 4 is 29.1 Å². The summed E-state index contributed by atoms with van der Waals surface area (Å²) in [6, 6.07) is 7.39. The predicted molar refractivity (Wildman–Crippen MR) is 90.6 cm³/mol. The summed E-state index contributed by atoms with van der Waals surface area (Å²) in [5, 5.41) is 8.86. The number of rotatable bonds is 7. The highest BCUT2D eigenvalue weighted by atomic mass is 16.5. The van der Waals surface area contributed by atoms with Crippen molar-refractivity contribution in [2.75, 3.05) is 25.6 Å². The van der Waals surface area contributed by atoms with E-state index in [0.717, 1.165) is 11.3 Å². The van der Waals surface area contributed by atoms with Gasteiger partial charge in [0.2, 0.25) is 5.91 Å². The Morgan fingerprint density at radius 3 is 2.54 bits per heavy atom. The second kappa shape index (κ2) is 10.1. The summed E-state index contributed by atoms with van der Waals surface area (Å²) in [6.45, 7) is 4.00. The van der Waals surface area contributed by atoms with Crippen LogP contribution in [0.3, 0.4) is 0 Å². The van der Waals surface area contributed by atoms with Crippen LogP contribution < -0.4 is 16.1 Å². The van der Waals surface area contributed by atoms with Gasteiger partial charge in [0.15, 0.2) is 0 Å². The molecular formula is C16H22N4O4. The molecule has 24 heavy (non-hydrogen) atoms. The van der Waals surface area contributed by atoms with E-state index in [9.17, 15) is 14.4 Å². The van der Waals surface area contributed by atoms with Crippen LogP contribution in [-0.4, -0.2) is 43.7 Å². The number of hydrazone groups is 1. The summed E-state index contributed by atoms with van der Waals surface area (Å²) in [6.07, 6.45) is -0.0000912. The molecule has 0 atom stereocenters. The average Bonchev–Trinajstić information content (AvgIpc) is 2.54. The Morgan fingerprint density at radius 2 is 1.88 bits per heavy atom. The monoisotopic (exact) mass is 334 g/mol. The molecule has 1 aromatic carbocycles. The zero-order valence-electron chi connectivity index (χ0n) is 14.0. The van der Waals surface area contributed by atoms with Gasteiger partial charge in [0.05, 0.1) is 13.0 Å². The van der Waals surface area contributed by atoms with Crippen LogP contribution in [0.1, 0.15) is 18.9 Å². The summed E-state index contributed by atoms with van der Waals surface area (Å²) in [5.74, 6) is -1.97. The number of nitrogens with one attached hydrogen (secondary N) is 3. The van der Waals surface area contributed by atoms with E-state index in [1.54, 1.807) is 13.0 Å². The standard InChI is InChI=1S/C16H22N4O4/c1-11-6-4-5-7-13(11)18-14(21)10-12(2)19-20-16(23)15(22)17-8-9-24-3/h4-7H,8-10H2,1-3H3,(H,17,22)(H,18,21)(H,20,23). The van der Waals surface area contributed by atoms with Crippen LogP contribution in [0.2, 0.25) is 0 Å². The van der Waals surface area contributed by atoms with E-state index < -0.39 is 11.8 Å². The number of benzene rings is 1. The van der Waals surface area contributed by atoms with Crippen LogP contribution >= 0.6 is 0 Å². The van der Waals surface area contributed by atoms with Gasteiger partial charge in [-0.1, -0.05) is 18.2 Å². The average molecular weight is 334 g/mol. The van der Waals surface area contributed by atoms with E-state index >= 15 is 0 Å². The van der Waals surface area contributed by atoms with Crippen molar-refractivity contribution in [1.29, 1.82) is 0 Å². The largest absolute Gasteiger partial charge is 0.383 e. The second-order valence-corrected chi connectivity index (χ2v) is 5.08. The minimum Gasteiger partial charge on any atom is -0.383 e. The van der Waals surface area contributed by atoms with E-state index in [1.807, 2.05) is 25.1 Å². The predicted octanol–water partition coefficient (Wildman–Crippen LogP) is 0.578. The Balaban J connectivity index is 2.43. The van der Waals surface area contributed by atoms with Crippen LogP contribution in [0.4, 0.5) is 5.69 Å². The number of hydrogen-bond donors (Lipinski definition) is 3. The fraction of sp³-hybridized carbons (Fsp3) is 0.375. The molecule has 0 aliphatic rings. The molecule has 3 amide bonds. The third-order valence-electron chi connectivity index (χ3n) is 2.98. The van der Waals surface area contributed by atoms with Crippen molar-refractivity contribution in [3.63, 3.8) is 0 Å². The molecule has 1 aromatic rings. The molecule has 0 radical (unpaired) electrons. The first-order valence-electron chi connectivity index (χ1n) is 7.39. The highest BCUT2D eigenvalue weighted by Gasteiger charge is 2.12. The van der Waals surface area contributed by atoms with Gasteiger partial charge in [0, 0.05) is 25.1 Å². The Kier molecular flexibility index (Phi) is 8.14. The lowest BCUT2D eigenvalue weighted by molar-refractivity contribution is -0.139. The number of ether oxygens (including phenoxy) is 1. The van der Waals surface area contributed by atoms with Gasteiger partial charge in [0.1, 0.15) is 0 Å². The second-order valence-electron chi connectivity index (χ2n) is 5.08. The lowest BCUT2D eigenvalue weighted by Gasteiger charge is -2.08. The quantitative estimate of drug-likeness (QED) is 0.293. The molecule has 0 aliphatic carbocycles. The van der Waals surface area contributed by atoms with Gasteiger partial charge < -0.3 is 15.4 Å². The van der Waals surface area contributed by atoms with E-state index in [4.69, 9.17) is 4.74 Å². The summed E-state index contributed by atoms with van der Waals surface area (Å²) in [7, 11) is 1.49. The summed E-state index contributed by atoms with van der Waals surface area (Å²) in [5.41, 5.74) is 4.15. The van der Waals surface area contributed by atoms with Crippen molar-refractivity contribution in [3.8, 4) is 0 Å². The zero-order valence-corrected chi connectivity index (χ0v) is 14.0. The number of para-hydroxylation sites is 1. The van der Waals surface area contributed by atoms with Crippen molar-refractivity contribution in [2.24, 2.45) is 5.10 Å². The van der Waals surface area contributed by atoms with Crippen molar-refractivity contribution in [1.82, 2.24) is 10.7 Å². The van der Waals surface area contributed by atoms with Crippen LogP contribution in [0.25, 0.3) is 0 Å². The van der Waals surface area contributed by atoms with Crippen LogP contribution in [0.5, 0.6) is 0 Å². The zero-order chi connectivity index (χ0) is 17.9. The molecular weight excluding hydrogens is 312 g/mol. The fourth-order valence-corrected chi connectivity index (χ4v) is 1.72. The van der Waals surface area contributed by atoms with E-state index in [1.165, 1.54) is 7.11 Å². The van der Waals surface area contributed by atoms with Crippen LogP contribution in [-0.2, 0) is 19.1 Å². The molecule has 8 heteroatoms. The molecule has 8 nitrogen and oxygen atoms in total. The Bertz CT molecular complexity index is 628. The maximum Gasteiger partial charge on any atom is 0.329 e. The van der Waals surface area contributed by atoms with Crippen molar-refractivity contribution < 1.29 is 19.1 Å². The molecule has 130 valence electrons. The topological polar surface area (TPSA) is 109 Å². The number of hydrogen-bond acceptors (Lipinski definition) is 5. The fourth-order valence-electron chi connectivity index (χ4n) is 1.72. The minimum atomic E-state index is -0.898. The maximum atomic E-state index is 11.9. The van der Waals surface area contributed by atoms with Gasteiger partial charge in [-0.15, -0.1) is 0 Å². The third kappa shape index (κ3) is 7.01. The van der Waals surface area contributed by atoms with Gasteiger partial charge in [-0.2, -0.15) is 5.10 Å². The first-order valence-corrected chi connectivity index (χ1v) is 7.39. The molecule has 0 unspecified atom stereocenters. The first-order chi connectivity index (χ1) is 11.4. The summed E-state index contributed by atoms with van der Waals surface area (Å²) < 4.78 is 4.75. The number of carbonyl (C=O) groups excluding carboxylic acids is 3. The van der Waals surface area contributed by atoms with Crippen molar-refractivity contribution in [3.05, 3.63) is 29.8 Å². The Hall–Kier alpha value is -2.74. The van der Waals surface area contributed by atoms with E-state index in [2.05, 4.69) is 21.2 Å². The number of anilines is 1. The van der Waals surface area contributed by atoms with E-state index in [-0.39, 0.29) is 18.9 Å². The Morgan fingerprint density at radius 1 is 1.17 bits per heavy atom. The number of aryl methyl sites for hydroxylation is 1. The molecule has 0 heterocycles. The number of carbonyl (C=O) groups is 3. The first kappa shape index (κ1) is 19.3. The molecule has 0 aromatic heterocycles. The molecule has 0 spiro atoms. The summed E-state index contributed by atoms with van der Waals surface area (Å²) in [4.78, 5) is 34.8. The molecule has 3 N–H and O–H groups in total.